The topological polar surface area (TPSA) is 72.9 Å². The van der Waals surface area contributed by atoms with Crippen molar-refractivity contribution in [2.75, 3.05) is 13.1 Å². The highest BCUT2D eigenvalue weighted by Crippen LogP contribution is 2.27. The van der Waals surface area contributed by atoms with Crippen LogP contribution in [0, 0.1) is 5.82 Å². The average molecular weight is 356 g/mol. The molecule has 3 aromatic rings. The number of fused-ring (bicyclic) bond motifs is 1. The summed E-state index contributed by atoms with van der Waals surface area (Å²) >= 11 is 0. The summed E-state index contributed by atoms with van der Waals surface area (Å²) in [5, 5.41) is 7.65. The Morgan fingerprint density at radius 3 is 2.65 bits per heavy atom. The van der Waals surface area contributed by atoms with Crippen LogP contribution in [-0.4, -0.2) is 34.9 Å². The van der Waals surface area contributed by atoms with Gasteiger partial charge < -0.3 is 11.1 Å². The molecule has 2 heterocycles. The Kier molecular flexibility index (Phi) is 4.16. The van der Waals surface area contributed by atoms with E-state index in [4.69, 9.17) is 5.73 Å². The van der Waals surface area contributed by atoms with Crippen LogP contribution in [0.5, 0.6) is 0 Å². The molecule has 0 unspecified atom stereocenters. The van der Waals surface area contributed by atoms with Gasteiger partial charge in [0.15, 0.2) is 0 Å². The molecule has 1 fully saturated rings. The van der Waals surface area contributed by atoms with E-state index in [9.17, 15) is 13.6 Å². The van der Waals surface area contributed by atoms with E-state index in [1.54, 1.807) is 0 Å². The van der Waals surface area contributed by atoms with Crippen molar-refractivity contribution in [3.63, 3.8) is 0 Å². The Morgan fingerprint density at radius 1 is 1.19 bits per heavy atom. The van der Waals surface area contributed by atoms with Crippen LogP contribution in [0.2, 0.25) is 0 Å². The van der Waals surface area contributed by atoms with E-state index in [0.717, 1.165) is 17.8 Å². The van der Waals surface area contributed by atoms with Gasteiger partial charge in [0, 0.05) is 19.3 Å². The van der Waals surface area contributed by atoms with E-state index in [2.05, 4.69) is 10.4 Å². The Hall–Kier alpha value is -2.80. The van der Waals surface area contributed by atoms with Crippen molar-refractivity contribution in [1.82, 2.24) is 15.1 Å². The van der Waals surface area contributed by atoms with Crippen LogP contribution in [0.25, 0.3) is 16.6 Å². The number of carbonyl (C=O) groups is 1. The van der Waals surface area contributed by atoms with Gasteiger partial charge in [-0.2, -0.15) is 5.10 Å². The summed E-state index contributed by atoms with van der Waals surface area (Å²) in [4.78, 5) is 11.5. The van der Waals surface area contributed by atoms with Crippen molar-refractivity contribution in [3.8, 4) is 5.69 Å². The minimum atomic E-state index is -0.833. The minimum Gasteiger partial charge on any atom is -0.366 e. The summed E-state index contributed by atoms with van der Waals surface area (Å²) in [5.41, 5.74) is 7.53. The SMILES string of the molecule is NC(=O)c1ccc(F)c2cn(-c3ccc([C@H]4CNC[C@H](F)C4)cc3)nc12. The first kappa shape index (κ1) is 16.7. The molecule has 26 heavy (non-hydrogen) atoms. The van der Waals surface area contributed by atoms with Crippen LogP contribution in [0.3, 0.4) is 0 Å². The summed E-state index contributed by atoms with van der Waals surface area (Å²) in [6.45, 7) is 1.15. The zero-order chi connectivity index (χ0) is 18.3. The van der Waals surface area contributed by atoms with E-state index in [-0.39, 0.29) is 22.4 Å². The molecule has 4 rings (SSSR count). The molecule has 2 atom stereocenters. The maximum Gasteiger partial charge on any atom is 0.250 e. The first-order valence-corrected chi connectivity index (χ1v) is 8.45. The number of nitrogens with two attached hydrogens (primary N) is 1. The number of piperidine rings is 1. The summed E-state index contributed by atoms with van der Waals surface area (Å²) < 4.78 is 29.1. The van der Waals surface area contributed by atoms with Crippen LogP contribution in [0.15, 0.2) is 42.6 Å². The van der Waals surface area contributed by atoms with Gasteiger partial charge in [-0.1, -0.05) is 12.1 Å². The first-order valence-electron chi connectivity index (χ1n) is 8.45. The fourth-order valence-electron chi connectivity index (χ4n) is 3.45. The average Bonchev–Trinajstić information content (AvgIpc) is 3.08. The molecular formula is C19H18F2N4O. The molecule has 0 spiro atoms. The summed E-state index contributed by atoms with van der Waals surface area (Å²) in [6.07, 6.45) is 1.21. The molecule has 0 radical (unpaired) electrons. The van der Waals surface area contributed by atoms with Crippen LogP contribution >= 0.6 is 0 Å². The van der Waals surface area contributed by atoms with E-state index in [1.807, 2.05) is 24.3 Å². The molecule has 1 aliphatic heterocycles. The lowest BCUT2D eigenvalue weighted by Crippen LogP contribution is -2.36. The van der Waals surface area contributed by atoms with E-state index < -0.39 is 17.9 Å². The summed E-state index contributed by atoms with van der Waals surface area (Å²) in [5.74, 6) is -0.986. The lowest BCUT2D eigenvalue weighted by atomic mass is 9.91. The highest BCUT2D eigenvalue weighted by molar-refractivity contribution is 6.04. The van der Waals surface area contributed by atoms with E-state index in [0.29, 0.717) is 13.0 Å². The quantitative estimate of drug-likeness (QED) is 0.758. The second-order valence-electron chi connectivity index (χ2n) is 6.57. The molecule has 1 aromatic heterocycles. The number of halogens is 2. The zero-order valence-corrected chi connectivity index (χ0v) is 14.0. The smallest absolute Gasteiger partial charge is 0.250 e. The van der Waals surface area contributed by atoms with Gasteiger partial charge in [0.2, 0.25) is 0 Å². The van der Waals surface area contributed by atoms with Crippen molar-refractivity contribution in [3.05, 3.63) is 59.5 Å². The molecule has 1 aliphatic rings. The van der Waals surface area contributed by atoms with Gasteiger partial charge >= 0.3 is 0 Å². The van der Waals surface area contributed by atoms with Crippen LogP contribution in [0.1, 0.15) is 28.3 Å². The number of benzene rings is 2. The number of nitrogens with zero attached hydrogens (tertiary/aromatic N) is 2. The van der Waals surface area contributed by atoms with Crippen molar-refractivity contribution >= 4 is 16.8 Å². The molecule has 5 nitrogen and oxygen atoms in total. The van der Waals surface area contributed by atoms with Crippen LogP contribution < -0.4 is 11.1 Å². The Balaban J connectivity index is 1.68. The lowest BCUT2D eigenvalue weighted by Gasteiger charge is -2.26. The van der Waals surface area contributed by atoms with Gasteiger partial charge in [0.1, 0.15) is 17.5 Å². The number of carbonyl (C=O) groups excluding carboxylic acids is 1. The summed E-state index contributed by atoms with van der Waals surface area (Å²) in [7, 11) is 0. The third-order valence-electron chi connectivity index (χ3n) is 4.81. The first-order chi connectivity index (χ1) is 12.5. The Labute approximate surface area is 148 Å². The third kappa shape index (κ3) is 2.94. The van der Waals surface area contributed by atoms with Crippen molar-refractivity contribution in [1.29, 1.82) is 0 Å². The zero-order valence-electron chi connectivity index (χ0n) is 14.0. The molecule has 7 heteroatoms. The second-order valence-corrected chi connectivity index (χ2v) is 6.57. The molecule has 1 saturated heterocycles. The number of rotatable bonds is 3. The second kappa shape index (κ2) is 6.49. The predicted molar refractivity (Wildman–Crippen MR) is 94.7 cm³/mol. The Bertz CT molecular complexity index is 968. The molecule has 2 aromatic carbocycles. The molecule has 0 aliphatic carbocycles. The van der Waals surface area contributed by atoms with E-state index >= 15 is 0 Å². The molecule has 0 saturated carbocycles. The fraction of sp³-hybridized carbons (Fsp3) is 0.263. The van der Waals surface area contributed by atoms with Gasteiger partial charge in [0.05, 0.1) is 16.6 Å². The molecule has 1 amide bonds. The maximum absolute atomic E-state index is 14.1. The van der Waals surface area contributed by atoms with Crippen molar-refractivity contribution in [2.24, 2.45) is 5.73 Å². The standard InChI is InChI=1S/C19H18F2N4O/c20-13-7-12(8-23-9-13)11-1-3-14(4-2-11)25-10-16-17(21)6-5-15(19(22)26)18(16)24-25/h1-6,10,12-13,23H,7-9H2,(H2,22,26)/t12-,13-/m1/s1. The largest absolute Gasteiger partial charge is 0.366 e. The molecule has 0 bridgehead atoms. The maximum atomic E-state index is 14.1. The number of hydrogen-bond donors (Lipinski definition) is 2. The lowest BCUT2D eigenvalue weighted by molar-refractivity contribution is 0.100. The number of nitrogens with one attached hydrogen (secondary N) is 1. The highest BCUT2D eigenvalue weighted by Gasteiger charge is 2.22. The van der Waals surface area contributed by atoms with E-state index in [1.165, 1.54) is 23.0 Å². The minimum absolute atomic E-state index is 0.128. The normalized spacial score (nSPS) is 20.4. The number of hydrogen-bond acceptors (Lipinski definition) is 3. The van der Waals surface area contributed by atoms with Gasteiger partial charge in [-0.25, -0.2) is 13.5 Å². The van der Waals surface area contributed by atoms with Crippen molar-refractivity contribution in [2.45, 2.75) is 18.5 Å². The number of aromatic nitrogens is 2. The highest BCUT2D eigenvalue weighted by atomic mass is 19.1. The molecule has 3 N–H and O–H groups in total. The van der Waals surface area contributed by atoms with Crippen LogP contribution in [0.4, 0.5) is 8.78 Å². The number of amides is 1. The monoisotopic (exact) mass is 356 g/mol. The molecule has 134 valence electrons. The van der Waals surface area contributed by atoms with Gasteiger partial charge in [-0.15, -0.1) is 0 Å². The Morgan fingerprint density at radius 2 is 1.96 bits per heavy atom. The molecular weight excluding hydrogens is 338 g/mol. The number of alkyl halides is 1. The van der Waals surface area contributed by atoms with Crippen LogP contribution in [-0.2, 0) is 0 Å². The summed E-state index contributed by atoms with van der Waals surface area (Å²) in [6, 6.07) is 10.1. The van der Waals surface area contributed by atoms with Gasteiger partial charge in [0.25, 0.3) is 5.91 Å². The predicted octanol–water partition coefficient (Wildman–Crippen LogP) is 2.68. The number of primary amides is 1. The van der Waals surface area contributed by atoms with Crippen molar-refractivity contribution < 1.29 is 13.6 Å². The van der Waals surface area contributed by atoms with Gasteiger partial charge in [-0.3, -0.25) is 4.79 Å². The third-order valence-corrected chi connectivity index (χ3v) is 4.81. The fourth-order valence-corrected chi connectivity index (χ4v) is 3.45. The van der Waals surface area contributed by atoms with Gasteiger partial charge in [-0.05, 0) is 42.2 Å².